The van der Waals surface area contributed by atoms with Crippen molar-refractivity contribution in [1.82, 2.24) is 4.98 Å². The van der Waals surface area contributed by atoms with Gasteiger partial charge in [-0.2, -0.15) is 0 Å². The molecule has 1 N–H and O–H groups in total. The maximum absolute atomic E-state index is 13.7. The minimum atomic E-state index is -1.01. The highest BCUT2D eigenvalue weighted by molar-refractivity contribution is 7.22. The summed E-state index contributed by atoms with van der Waals surface area (Å²) in [5, 5.41) is 11.9. The fourth-order valence-electron chi connectivity index (χ4n) is 5.11. The molecular formula is C32H30N2O8S. The molecule has 6 rings (SSSR count). The fourth-order valence-corrected chi connectivity index (χ4v) is 6.13. The number of amides is 1. The van der Waals surface area contributed by atoms with Crippen molar-refractivity contribution in [2.75, 3.05) is 38.9 Å². The first-order valence-electron chi connectivity index (χ1n) is 13.9. The predicted octanol–water partition coefficient (Wildman–Crippen LogP) is 5.89. The number of aliphatic hydroxyl groups excluding tert-OH is 1. The average Bonchev–Trinajstić information content (AvgIpc) is 3.57. The van der Waals surface area contributed by atoms with Crippen LogP contribution in [0.5, 0.6) is 28.7 Å². The van der Waals surface area contributed by atoms with Gasteiger partial charge in [-0.1, -0.05) is 30.7 Å². The third kappa shape index (κ3) is 5.20. The number of carbonyl (C=O) groups is 2. The summed E-state index contributed by atoms with van der Waals surface area (Å²) in [6.45, 7) is 3.37. The number of unbranched alkanes of at least 4 members (excludes halogenated alkanes) is 1. The Morgan fingerprint density at radius 3 is 2.58 bits per heavy atom. The van der Waals surface area contributed by atoms with E-state index >= 15 is 0 Å². The van der Waals surface area contributed by atoms with E-state index < -0.39 is 17.7 Å². The van der Waals surface area contributed by atoms with Crippen molar-refractivity contribution >= 4 is 44.1 Å². The Hall–Kier alpha value is -4.77. The molecule has 1 unspecified atom stereocenters. The van der Waals surface area contributed by atoms with Crippen LogP contribution in [0.4, 0.5) is 5.13 Å². The molecule has 1 amide bonds. The summed E-state index contributed by atoms with van der Waals surface area (Å²) in [6, 6.07) is 14.5. The maximum Gasteiger partial charge on any atom is 0.301 e. The van der Waals surface area contributed by atoms with E-state index in [1.165, 1.54) is 23.3 Å². The standard InChI is InChI=1S/C32H30N2O8S/c1-4-5-12-40-22-10-6-18(15-24(22)39-3)28-27(29(35)19-7-11-23-25(16-19)42-14-13-41-23)30(36)31(37)34(28)32-33-21-9-8-20(38-2)17-26(21)43-32/h6-11,15-17,28,35H,4-5,12-14H2,1-3H3/b29-27+. The molecule has 2 aliphatic heterocycles. The molecule has 11 heteroatoms. The number of hydrogen-bond acceptors (Lipinski definition) is 10. The Kier molecular flexibility index (Phi) is 7.81. The van der Waals surface area contributed by atoms with E-state index in [9.17, 15) is 14.7 Å². The molecule has 1 atom stereocenters. The molecule has 4 aromatic rings. The summed E-state index contributed by atoms with van der Waals surface area (Å²) in [5.74, 6) is 0.609. The Morgan fingerprint density at radius 1 is 1.00 bits per heavy atom. The second kappa shape index (κ2) is 11.8. The first-order chi connectivity index (χ1) is 20.9. The van der Waals surface area contributed by atoms with Crippen LogP contribution in [0.3, 0.4) is 0 Å². The molecule has 222 valence electrons. The second-order valence-electron chi connectivity index (χ2n) is 9.97. The zero-order valence-electron chi connectivity index (χ0n) is 23.9. The lowest BCUT2D eigenvalue weighted by Crippen LogP contribution is -2.29. The molecule has 10 nitrogen and oxygen atoms in total. The van der Waals surface area contributed by atoms with E-state index in [1.54, 1.807) is 55.6 Å². The van der Waals surface area contributed by atoms with Gasteiger partial charge in [0.2, 0.25) is 0 Å². The third-order valence-corrected chi connectivity index (χ3v) is 8.33. The van der Waals surface area contributed by atoms with Crippen molar-refractivity contribution in [3.8, 4) is 28.7 Å². The number of hydrogen-bond donors (Lipinski definition) is 1. The van der Waals surface area contributed by atoms with Crippen LogP contribution in [0.25, 0.3) is 16.0 Å². The van der Waals surface area contributed by atoms with Crippen LogP contribution in [-0.2, 0) is 9.59 Å². The second-order valence-corrected chi connectivity index (χ2v) is 11.0. The summed E-state index contributed by atoms with van der Waals surface area (Å²) in [5.41, 5.74) is 1.41. The summed E-state index contributed by atoms with van der Waals surface area (Å²) in [6.07, 6.45) is 1.85. The van der Waals surface area contributed by atoms with E-state index in [2.05, 4.69) is 11.9 Å². The van der Waals surface area contributed by atoms with E-state index in [-0.39, 0.29) is 11.3 Å². The minimum absolute atomic E-state index is 0.0831. The number of rotatable bonds is 9. The lowest BCUT2D eigenvalue weighted by atomic mass is 9.95. The average molecular weight is 603 g/mol. The minimum Gasteiger partial charge on any atom is -0.507 e. The first-order valence-corrected chi connectivity index (χ1v) is 14.7. The van der Waals surface area contributed by atoms with Crippen molar-refractivity contribution in [2.24, 2.45) is 0 Å². The Balaban J connectivity index is 1.51. The van der Waals surface area contributed by atoms with E-state index in [1.807, 2.05) is 6.07 Å². The van der Waals surface area contributed by atoms with Gasteiger partial charge in [0.15, 0.2) is 28.1 Å². The van der Waals surface area contributed by atoms with Gasteiger partial charge in [0.05, 0.1) is 42.7 Å². The zero-order chi connectivity index (χ0) is 30.1. The number of methoxy groups -OCH3 is 2. The molecule has 1 aromatic heterocycles. The van der Waals surface area contributed by atoms with Crippen LogP contribution in [0, 0.1) is 0 Å². The molecular weight excluding hydrogens is 572 g/mol. The Labute approximate surface area is 252 Å². The third-order valence-electron chi connectivity index (χ3n) is 7.31. The molecule has 1 fully saturated rings. The number of benzene rings is 3. The monoisotopic (exact) mass is 602 g/mol. The number of thiazole rings is 1. The predicted molar refractivity (Wildman–Crippen MR) is 162 cm³/mol. The number of ketones is 1. The van der Waals surface area contributed by atoms with Gasteiger partial charge in [0.1, 0.15) is 24.7 Å². The number of anilines is 1. The van der Waals surface area contributed by atoms with Crippen LogP contribution in [-0.4, -0.2) is 55.8 Å². The molecule has 0 radical (unpaired) electrons. The number of fused-ring (bicyclic) bond motifs is 2. The number of aliphatic hydroxyl groups is 1. The van der Waals surface area contributed by atoms with Gasteiger partial charge < -0.3 is 28.8 Å². The molecule has 0 aliphatic carbocycles. The fraction of sp³-hybridized carbons (Fsp3) is 0.281. The topological polar surface area (TPSA) is 117 Å². The molecule has 0 bridgehead atoms. The number of ether oxygens (including phenoxy) is 5. The summed E-state index contributed by atoms with van der Waals surface area (Å²) in [4.78, 5) is 33.5. The van der Waals surface area contributed by atoms with Crippen molar-refractivity contribution in [3.63, 3.8) is 0 Å². The van der Waals surface area contributed by atoms with Gasteiger partial charge in [-0.25, -0.2) is 4.98 Å². The normalized spacial score (nSPS) is 17.4. The molecule has 0 spiro atoms. The van der Waals surface area contributed by atoms with Gasteiger partial charge in [-0.3, -0.25) is 14.5 Å². The highest BCUT2D eigenvalue weighted by Crippen LogP contribution is 2.46. The van der Waals surface area contributed by atoms with Gasteiger partial charge in [0.25, 0.3) is 5.78 Å². The van der Waals surface area contributed by atoms with Gasteiger partial charge >= 0.3 is 5.91 Å². The SMILES string of the molecule is CCCCOc1ccc(C2/C(=C(\O)c3ccc4c(c3)OCCO4)C(=O)C(=O)N2c2nc3ccc(OC)cc3s2)cc1OC. The van der Waals surface area contributed by atoms with Gasteiger partial charge in [0, 0.05) is 5.56 Å². The molecule has 43 heavy (non-hydrogen) atoms. The van der Waals surface area contributed by atoms with Crippen LogP contribution in [0.2, 0.25) is 0 Å². The molecule has 2 aliphatic rings. The quantitative estimate of drug-likeness (QED) is 0.108. The number of nitrogens with zero attached hydrogens (tertiary/aromatic N) is 2. The summed E-state index contributed by atoms with van der Waals surface area (Å²) in [7, 11) is 3.10. The lowest BCUT2D eigenvalue weighted by molar-refractivity contribution is -0.132. The van der Waals surface area contributed by atoms with E-state index in [0.29, 0.717) is 70.3 Å². The van der Waals surface area contributed by atoms with Crippen molar-refractivity contribution < 1.29 is 38.4 Å². The lowest BCUT2D eigenvalue weighted by Gasteiger charge is -2.24. The van der Waals surface area contributed by atoms with Crippen LogP contribution in [0.15, 0.2) is 60.2 Å². The Bertz CT molecular complexity index is 1750. The molecule has 3 heterocycles. The van der Waals surface area contributed by atoms with E-state index in [0.717, 1.165) is 17.5 Å². The van der Waals surface area contributed by atoms with Gasteiger partial charge in [-0.15, -0.1) is 0 Å². The van der Waals surface area contributed by atoms with Crippen molar-refractivity contribution in [3.05, 3.63) is 71.3 Å². The number of carbonyl (C=O) groups excluding carboxylic acids is 2. The van der Waals surface area contributed by atoms with Gasteiger partial charge in [-0.05, 0) is 60.5 Å². The maximum atomic E-state index is 13.7. The van der Waals surface area contributed by atoms with E-state index in [4.69, 9.17) is 23.7 Å². The molecule has 0 saturated carbocycles. The smallest absolute Gasteiger partial charge is 0.301 e. The van der Waals surface area contributed by atoms with Crippen molar-refractivity contribution in [1.29, 1.82) is 0 Å². The number of Topliss-reactive ketones (excluding diaryl/α,β-unsaturated/α-hetero) is 1. The zero-order valence-corrected chi connectivity index (χ0v) is 24.7. The largest absolute Gasteiger partial charge is 0.507 e. The van der Waals surface area contributed by atoms with Crippen LogP contribution < -0.4 is 28.6 Å². The number of aromatic nitrogens is 1. The Morgan fingerprint density at radius 2 is 1.81 bits per heavy atom. The van der Waals surface area contributed by atoms with Crippen molar-refractivity contribution in [2.45, 2.75) is 25.8 Å². The molecule has 3 aromatic carbocycles. The summed E-state index contributed by atoms with van der Waals surface area (Å²) < 4.78 is 29.0. The highest BCUT2D eigenvalue weighted by Gasteiger charge is 2.48. The van der Waals surface area contributed by atoms with Crippen LogP contribution in [0.1, 0.15) is 36.9 Å². The molecule has 1 saturated heterocycles. The van der Waals surface area contributed by atoms with Crippen LogP contribution >= 0.6 is 11.3 Å². The highest BCUT2D eigenvalue weighted by atomic mass is 32.1. The first kappa shape index (κ1) is 28.4. The summed E-state index contributed by atoms with van der Waals surface area (Å²) >= 11 is 1.25.